The van der Waals surface area contributed by atoms with Crippen molar-refractivity contribution in [3.8, 4) is 0 Å². The largest absolute Gasteiger partial charge is 0.377 e. The highest BCUT2D eigenvalue weighted by atomic mass is 16.5. The Balaban J connectivity index is 1.42. The van der Waals surface area contributed by atoms with Gasteiger partial charge in [-0.25, -0.2) is 4.98 Å². The maximum Gasteiger partial charge on any atom is 0.224 e. The standard InChI is InChI=1S/C17H25N3O2/c21-17(20-15-11-22-12-15)8-14-6-7-16(19-10-14)18-9-13-4-2-1-3-5-13/h6-7,10,13,15H,1-5,8-9,11-12H2,(H,18,19)(H,20,21). The van der Waals surface area contributed by atoms with E-state index >= 15 is 0 Å². The SMILES string of the molecule is O=C(Cc1ccc(NCC2CCCCC2)nc1)NC1COC1. The highest BCUT2D eigenvalue weighted by Gasteiger charge is 2.20. The third kappa shape index (κ3) is 4.44. The Morgan fingerprint density at radius 2 is 2.05 bits per heavy atom. The van der Waals surface area contributed by atoms with Crippen LogP contribution in [0.2, 0.25) is 0 Å². The molecule has 0 atom stereocenters. The molecule has 2 fully saturated rings. The molecule has 0 spiro atoms. The van der Waals surface area contributed by atoms with Crippen molar-refractivity contribution in [3.05, 3.63) is 23.9 Å². The molecule has 2 heterocycles. The predicted molar refractivity (Wildman–Crippen MR) is 85.8 cm³/mol. The number of aromatic nitrogens is 1. The molecule has 2 N–H and O–H groups in total. The summed E-state index contributed by atoms with van der Waals surface area (Å²) >= 11 is 0. The summed E-state index contributed by atoms with van der Waals surface area (Å²) in [6.07, 6.45) is 8.94. The van der Waals surface area contributed by atoms with Crippen molar-refractivity contribution in [3.63, 3.8) is 0 Å². The molecule has 1 aliphatic carbocycles. The summed E-state index contributed by atoms with van der Waals surface area (Å²) in [5, 5.41) is 6.36. The topological polar surface area (TPSA) is 63.2 Å². The van der Waals surface area contributed by atoms with E-state index in [1.807, 2.05) is 12.1 Å². The van der Waals surface area contributed by atoms with E-state index in [1.54, 1.807) is 6.20 Å². The molecule has 5 nitrogen and oxygen atoms in total. The van der Waals surface area contributed by atoms with Crippen LogP contribution in [0.5, 0.6) is 0 Å². The summed E-state index contributed by atoms with van der Waals surface area (Å²) in [6, 6.07) is 4.14. The molecule has 1 aliphatic heterocycles. The summed E-state index contributed by atoms with van der Waals surface area (Å²) in [6.45, 7) is 2.27. The average Bonchev–Trinajstić information content (AvgIpc) is 2.51. The van der Waals surface area contributed by atoms with E-state index in [2.05, 4.69) is 15.6 Å². The summed E-state index contributed by atoms with van der Waals surface area (Å²) in [5.74, 6) is 1.73. The van der Waals surface area contributed by atoms with Crippen LogP contribution in [0, 0.1) is 5.92 Å². The van der Waals surface area contributed by atoms with Crippen molar-refractivity contribution in [2.24, 2.45) is 5.92 Å². The molecule has 0 bridgehead atoms. The summed E-state index contributed by atoms with van der Waals surface area (Å²) in [7, 11) is 0. The Hall–Kier alpha value is -1.62. The minimum Gasteiger partial charge on any atom is -0.377 e. The number of carbonyl (C=O) groups is 1. The van der Waals surface area contributed by atoms with Gasteiger partial charge in [0.15, 0.2) is 0 Å². The lowest BCUT2D eigenvalue weighted by molar-refractivity contribution is -0.124. The van der Waals surface area contributed by atoms with Gasteiger partial charge in [-0.3, -0.25) is 4.79 Å². The van der Waals surface area contributed by atoms with Crippen LogP contribution in [0.15, 0.2) is 18.3 Å². The highest BCUT2D eigenvalue weighted by molar-refractivity contribution is 5.78. The Labute approximate surface area is 131 Å². The molecule has 2 aliphatic rings. The van der Waals surface area contributed by atoms with Gasteiger partial charge in [-0.15, -0.1) is 0 Å². The molecule has 5 heteroatoms. The van der Waals surface area contributed by atoms with Crippen LogP contribution in [0.3, 0.4) is 0 Å². The highest BCUT2D eigenvalue weighted by Crippen LogP contribution is 2.23. The van der Waals surface area contributed by atoms with Gasteiger partial charge in [0.1, 0.15) is 5.82 Å². The van der Waals surface area contributed by atoms with Gasteiger partial charge in [-0.05, 0) is 30.4 Å². The third-order valence-electron chi connectivity index (χ3n) is 4.49. The van der Waals surface area contributed by atoms with Crippen molar-refractivity contribution >= 4 is 11.7 Å². The summed E-state index contributed by atoms with van der Waals surface area (Å²) in [5.41, 5.74) is 0.945. The van der Waals surface area contributed by atoms with Gasteiger partial charge in [0.2, 0.25) is 5.91 Å². The van der Waals surface area contributed by atoms with E-state index in [-0.39, 0.29) is 11.9 Å². The molecule has 120 valence electrons. The van der Waals surface area contributed by atoms with Crippen molar-refractivity contribution in [1.29, 1.82) is 0 Å². The van der Waals surface area contributed by atoms with Gasteiger partial charge in [-0.2, -0.15) is 0 Å². The van der Waals surface area contributed by atoms with Crippen LogP contribution in [-0.2, 0) is 16.0 Å². The van der Waals surface area contributed by atoms with Crippen molar-refractivity contribution in [1.82, 2.24) is 10.3 Å². The molecular formula is C17H25N3O2. The second-order valence-corrected chi connectivity index (χ2v) is 6.42. The Morgan fingerprint density at radius 1 is 1.23 bits per heavy atom. The first-order valence-corrected chi connectivity index (χ1v) is 8.35. The number of amides is 1. The number of pyridine rings is 1. The number of nitrogens with one attached hydrogen (secondary N) is 2. The molecule has 1 aromatic rings. The first-order chi connectivity index (χ1) is 10.8. The monoisotopic (exact) mass is 303 g/mol. The lowest BCUT2D eigenvalue weighted by atomic mass is 9.89. The number of hydrogen-bond acceptors (Lipinski definition) is 4. The van der Waals surface area contributed by atoms with E-state index < -0.39 is 0 Å². The normalized spacial score (nSPS) is 19.5. The fraction of sp³-hybridized carbons (Fsp3) is 0.647. The lowest BCUT2D eigenvalue weighted by Gasteiger charge is -2.26. The fourth-order valence-electron chi connectivity index (χ4n) is 3.06. The molecule has 1 aromatic heterocycles. The number of nitrogens with zero attached hydrogens (tertiary/aromatic N) is 1. The van der Waals surface area contributed by atoms with Crippen molar-refractivity contribution in [2.45, 2.75) is 44.6 Å². The van der Waals surface area contributed by atoms with Crippen molar-refractivity contribution < 1.29 is 9.53 Å². The number of hydrogen-bond donors (Lipinski definition) is 2. The van der Waals surface area contributed by atoms with Crippen LogP contribution in [-0.4, -0.2) is 36.7 Å². The number of carbonyl (C=O) groups excluding carboxylic acids is 1. The maximum absolute atomic E-state index is 11.8. The zero-order valence-electron chi connectivity index (χ0n) is 13.0. The Morgan fingerprint density at radius 3 is 2.68 bits per heavy atom. The van der Waals surface area contributed by atoms with Gasteiger partial charge in [0.25, 0.3) is 0 Å². The minimum absolute atomic E-state index is 0.0398. The number of rotatable bonds is 6. The number of anilines is 1. The predicted octanol–water partition coefficient (Wildman–Crippen LogP) is 2.13. The summed E-state index contributed by atoms with van der Waals surface area (Å²) in [4.78, 5) is 16.2. The molecule has 1 amide bonds. The third-order valence-corrected chi connectivity index (χ3v) is 4.49. The van der Waals surface area contributed by atoms with E-state index in [0.29, 0.717) is 19.6 Å². The first kappa shape index (κ1) is 15.3. The fourth-order valence-corrected chi connectivity index (χ4v) is 3.06. The zero-order chi connectivity index (χ0) is 15.2. The van der Waals surface area contributed by atoms with Crippen LogP contribution >= 0.6 is 0 Å². The second-order valence-electron chi connectivity index (χ2n) is 6.42. The molecule has 0 radical (unpaired) electrons. The number of ether oxygens (including phenoxy) is 1. The molecular weight excluding hydrogens is 278 g/mol. The van der Waals surface area contributed by atoms with Crippen LogP contribution in [0.4, 0.5) is 5.82 Å². The molecule has 0 aromatic carbocycles. The second kappa shape index (κ2) is 7.58. The average molecular weight is 303 g/mol. The Bertz CT molecular complexity index is 479. The van der Waals surface area contributed by atoms with Crippen molar-refractivity contribution in [2.75, 3.05) is 25.1 Å². The maximum atomic E-state index is 11.8. The lowest BCUT2D eigenvalue weighted by Crippen LogP contribution is -2.49. The minimum atomic E-state index is 0.0398. The quantitative estimate of drug-likeness (QED) is 0.845. The Kier molecular flexibility index (Phi) is 5.27. The summed E-state index contributed by atoms with van der Waals surface area (Å²) < 4.78 is 5.04. The molecule has 1 saturated heterocycles. The molecule has 1 saturated carbocycles. The van der Waals surface area contributed by atoms with Gasteiger partial charge < -0.3 is 15.4 Å². The van der Waals surface area contributed by atoms with Crippen LogP contribution in [0.25, 0.3) is 0 Å². The first-order valence-electron chi connectivity index (χ1n) is 8.35. The van der Waals surface area contributed by atoms with Gasteiger partial charge in [0, 0.05) is 12.7 Å². The van der Waals surface area contributed by atoms with Crippen LogP contribution < -0.4 is 10.6 Å². The van der Waals surface area contributed by atoms with E-state index in [9.17, 15) is 4.79 Å². The van der Waals surface area contributed by atoms with E-state index in [1.165, 1.54) is 32.1 Å². The van der Waals surface area contributed by atoms with Gasteiger partial charge in [0.05, 0.1) is 25.7 Å². The smallest absolute Gasteiger partial charge is 0.224 e. The molecule has 3 rings (SSSR count). The van der Waals surface area contributed by atoms with E-state index in [0.717, 1.165) is 23.8 Å². The van der Waals surface area contributed by atoms with Gasteiger partial charge in [-0.1, -0.05) is 25.3 Å². The van der Waals surface area contributed by atoms with E-state index in [4.69, 9.17) is 4.74 Å². The zero-order valence-corrected chi connectivity index (χ0v) is 13.0. The van der Waals surface area contributed by atoms with Crippen LogP contribution in [0.1, 0.15) is 37.7 Å². The molecule has 0 unspecified atom stereocenters. The molecule has 22 heavy (non-hydrogen) atoms. The van der Waals surface area contributed by atoms with Gasteiger partial charge >= 0.3 is 0 Å².